The Balaban J connectivity index is 1.93. The molecule has 1 heterocycles. The minimum absolute atomic E-state index is 0.207. The Morgan fingerprint density at radius 2 is 1.63 bits per heavy atom. The third-order valence-corrected chi connectivity index (χ3v) is 4.27. The highest BCUT2D eigenvalue weighted by Gasteiger charge is 2.20. The third-order valence-electron chi connectivity index (χ3n) is 4.27. The quantitative estimate of drug-likeness (QED) is 0.584. The summed E-state index contributed by atoms with van der Waals surface area (Å²) in [4.78, 5) is 17.2. The molecule has 2 aromatic carbocycles. The lowest BCUT2D eigenvalue weighted by atomic mass is 10.1. The number of carbonyl (C=O) groups is 1. The van der Waals surface area contributed by atoms with Crippen LogP contribution < -0.4 is 14.2 Å². The zero-order valence-corrected chi connectivity index (χ0v) is 15.7. The zero-order valence-electron chi connectivity index (χ0n) is 15.7. The van der Waals surface area contributed by atoms with Crippen molar-refractivity contribution in [3.05, 3.63) is 59.5 Å². The first kappa shape index (κ1) is 18.5. The van der Waals surface area contributed by atoms with E-state index in [9.17, 15) is 4.79 Å². The van der Waals surface area contributed by atoms with Crippen molar-refractivity contribution in [3.63, 3.8) is 0 Å². The van der Waals surface area contributed by atoms with Crippen molar-refractivity contribution < 1.29 is 23.4 Å². The second kappa shape index (κ2) is 7.95. The SMILES string of the molecule is CCc1ccc(-c2nc(C(=O)c3cc(OC)c(OC)c(OC)c3)co2)cc1. The van der Waals surface area contributed by atoms with E-state index in [0.717, 1.165) is 12.0 Å². The molecule has 6 heteroatoms. The van der Waals surface area contributed by atoms with E-state index < -0.39 is 0 Å². The first-order valence-corrected chi connectivity index (χ1v) is 8.50. The Kier molecular flexibility index (Phi) is 5.45. The maximum absolute atomic E-state index is 12.9. The van der Waals surface area contributed by atoms with Gasteiger partial charge in [0.2, 0.25) is 17.4 Å². The van der Waals surface area contributed by atoms with Crippen LogP contribution in [0.25, 0.3) is 11.5 Å². The van der Waals surface area contributed by atoms with E-state index in [1.165, 1.54) is 33.2 Å². The van der Waals surface area contributed by atoms with Gasteiger partial charge in [-0.3, -0.25) is 4.79 Å². The Bertz CT molecular complexity index is 918. The van der Waals surface area contributed by atoms with Crippen molar-refractivity contribution in [2.75, 3.05) is 21.3 Å². The highest BCUT2D eigenvalue weighted by molar-refractivity contribution is 6.08. The van der Waals surface area contributed by atoms with Crippen LogP contribution in [0.1, 0.15) is 28.5 Å². The summed E-state index contributed by atoms with van der Waals surface area (Å²) < 4.78 is 21.4. The number of benzene rings is 2. The number of methoxy groups -OCH3 is 3. The van der Waals surface area contributed by atoms with Gasteiger partial charge >= 0.3 is 0 Å². The molecule has 0 aliphatic heterocycles. The van der Waals surface area contributed by atoms with Crippen LogP contribution in [0.2, 0.25) is 0 Å². The number of ketones is 1. The fourth-order valence-corrected chi connectivity index (χ4v) is 2.75. The van der Waals surface area contributed by atoms with E-state index in [1.807, 2.05) is 24.3 Å². The van der Waals surface area contributed by atoms with Gasteiger partial charge in [-0.25, -0.2) is 4.98 Å². The Morgan fingerprint density at radius 1 is 1.00 bits per heavy atom. The number of carbonyl (C=O) groups excluding carboxylic acids is 1. The smallest absolute Gasteiger partial charge is 0.226 e. The minimum Gasteiger partial charge on any atom is -0.493 e. The van der Waals surface area contributed by atoms with E-state index in [1.54, 1.807) is 12.1 Å². The average molecular weight is 367 g/mol. The number of oxazole rings is 1. The Morgan fingerprint density at radius 3 is 2.15 bits per heavy atom. The van der Waals surface area contributed by atoms with Gasteiger partial charge in [0, 0.05) is 11.1 Å². The number of aromatic nitrogens is 1. The number of aryl methyl sites for hydroxylation is 1. The molecule has 0 amide bonds. The first-order valence-electron chi connectivity index (χ1n) is 8.50. The van der Waals surface area contributed by atoms with Crippen molar-refractivity contribution in [1.82, 2.24) is 4.98 Å². The number of ether oxygens (including phenoxy) is 3. The molecular formula is C21H21NO5. The van der Waals surface area contributed by atoms with Gasteiger partial charge in [-0.1, -0.05) is 19.1 Å². The molecule has 0 saturated heterocycles. The number of nitrogens with zero attached hydrogens (tertiary/aromatic N) is 1. The van der Waals surface area contributed by atoms with Gasteiger partial charge in [0.1, 0.15) is 6.26 Å². The lowest BCUT2D eigenvalue weighted by molar-refractivity contribution is 0.103. The zero-order chi connectivity index (χ0) is 19.4. The second-order valence-electron chi connectivity index (χ2n) is 5.83. The Labute approximate surface area is 157 Å². The molecule has 0 spiro atoms. The van der Waals surface area contributed by atoms with Crippen molar-refractivity contribution in [2.45, 2.75) is 13.3 Å². The molecule has 6 nitrogen and oxygen atoms in total. The predicted octanol–water partition coefficient (Wildman–Crippen LogP) is 4.16. The lowest BCUT2D eigenvalue weighted by Crippen LogP contribution is -2.04. The first-order chi connectivity index (χ1) is 13.1. The number of hydrogen-bond acceptors (Lipinski definition) is 6. The average Bonchev–Trinajstić information content (AvgIpc) is 3.22. The normalized spacial score (nSPS) is 10.5. The highest BCUT2D eigenvalue weighted by atomic mass is 16.5. The summed E-state index contributed by atoms with van der Waals surface area (Å²) in [5.41, 5.74) is 2.61. The van der Waals surface area contributed by atoms with Crippen LogP contribution in [0.4, 0.5) is 0 Å². The monoisotopic (exact) mass is 367 g/mol. The van der Waals surface area contributed by atoms with E-state index in [-0.39, 0.29) is 11.5 Å². The van der Waals surface area contributed by atoms with E-state index in [2.05, 4.69) is 11.9 Å². The molecule has 140 valence electrons. The van der Waals surface area contributed by atoms with Crippen LogP contribution in [-0.2, 0) is 6.42 Å². The van der Waals surface area contributed by atoms with Crippen molar-refractivity contribution in [2.24, 2.45) is 0 Å². The van der Waals surface area contributed by atoms with Crippen molar-refractivity contribution in [3.8, 4) is 28.7 Å². The molecule has 0 fully saturated rings. The second-order valence-corrected chi connectivity index (χ2v) is 5.83. The maximum atomic E-state index is 12.9. The van der Waals surface area contributed by atoms with Crippen LogP contribution in [-0.4, -0.2) is 32.1 Å². The molecule has 27 heavy (non-hydrogen) atoms. The van der Waals surface area contributed by atoms with Gasteiger partial charge in [-0.05, 0) is 36.2 Å². The standard InChI is InChI=1S/C21H21NO5/c1-5-13-6-8-14(9-7-13)21-22-16(12-27-21)19(23)15-10-17(24-2)20(26-4)18(11-15)25-3/h6-12H,5H2,1-4H3. The summed E-state index contributed by atoms with van der Waals surface area (Å²) in [6.07, 6.45) is 2.31. The topological polar surface area (TPSA) is 70.8 Å². The highest BCUT2D eigenvalue weighted by Crippen LogP contribution is 2.38. The molecule has 0 bridgehead atoms. The predicted molar refractivity (Wildman–Crippen MR) is 101 cm³/mol. The summed E-state index contributed by atoms with van der Waals surface area (Å²) in [7, 11) is 4.51. The summed E-state index contributed by atoms with van der Waals surface area (Å²) in [5.74, 6) is 1.33. The van der Waals surface area contributed by atoms with Crippen LogP contribution in [0.3, 0.4) is 0 Å². The molecule has 0 aliphatic rings. The van der Waals surface area contributed by atoms with Crippen LogP contribution in [0, 0.1) is 0 Å². The molecule has 0 aliphatic carbocycles. The van der Waals surface area contributed by atoms with Gasteiger partial charge in [-0.15, -0.1) is 0 Å². The molecule has 0 atom stereocenters. The van der Waals surface area contributed by atoms with Crippen LogP contribution >= 0.6 is 0 Å². The van der Waals surface area contributed by atoms with Crippen LogP contribution in [0.15, 0.2) is 47.1 Å². The van der Waals surface area contributed by atoms with Crippen molar-refractivity contribution >= 4 is 5.78 Å². The van der Waals surface area contributed by atoms with E-state index in [0.29, 0.717) is 28.7 Å². The van der Waals surface area contributed by atoms with E-state index in [4.69, 9.17) is 18.6 Å². The number of hydrogen-bond donors (Lipinski definition) is 0. The van der Waals surface area contributed by atoms with Gasteiger partial charge < -0.3 is 18.6 Å². The summed E-state index contributed by atoms with van der Waals surface area (Å²) in [6, 6.07) is 11.1. The molecular weight excluding hydrogens is 346 g/mol. The summed E-state index contributed by atoms with van der Waals surface area (Å²) in [5, 5.41) is 0. The molecule has 0 saturated carbocycles. The van der Waals surface area contributed by atoms with Gasteiger partial charge in [0.15, 0.2) is 17.2 Å². The van der Waals surface area contributed by atoms with Crippen LogP contribution in [0.5, 0.6) is 17.2 Å². The van der Waals surface area contributed by atoms with Gasteiger partial charge in [-0.2, -0.15) is 0 Å². The summed E-state index contributed by atoms with van der Waals surface area (Å²) in [6.45, 7) is 2.09. The molecule has 0 unspecified atom stereocenters. The summed E-state index contributed by atoms with van der Waals surface area (Å²) >= 11 is 0. The molecule has 3 rings (SSSR count). The van der Waals surface area contributed by atoms with Gasteiger partial charge in [0.25, 0.3) is 0 Å². The molecule has 0 radical (unpaired) electrons. The Hall–Kier alpha value is -3.28. The largest absolute Gasteiger partial charge is 0.493 e. The van der Waals surface area contributed by atoms with Gasteiger partial charge in [0.05, 0.1) is 21.3 Å². The minimum atomic E-state index is -0.297. The maximum Gasteiger partial charge on any atom is 0.226 e. The molecule has 0 N–H and O–H groups in total. The number of rotatable bonds is 7. The fraction of sp³-hybridized carbons (Fsp3) is 0.238. The lowest BCUT2D eigenvalue weighted by Gasteiger charge is -2.13. The fourth-order valence-electron chi connectivity index (χ4n) is 2.75. The third kappa shape index (κ3) is 3.65. The van der Waals surface area contributed by atoms with Crippen molar-refractivity contribution in [1.29, 1.82) is 0 Å². The van der Waals surface area contributed by atoms with E-state index >= 15 is 0 Å². The molecule has 3 aromatic rings. The molecule has 1 aromatic heterocycles.